The van der Waals surface area contributed by atoms with Crippen LogP contribution in [0.1, 0.15) is 57.3 Å². The second kappa shape index (κ2) is 9.53. The number of rotatable bonds is 7. The van der Waals surface area contributed by atoms with Gasteiger partial charge >= 0.3 is 5.97 Å². The van der Waals surface area contributed by atoms with Crippen molar-refractivity contribution < 1.29 is 23.9 Å². The summed E-state index contributed by atoms with van der Waals surface area (Å²) in [7, 11) is 0. The van der Waals surface area contributed by atoms with Crippen molar-refractivity contribution in [1.29, 1.82) is 0 Å². The summed E-state index contributed by atoms with van der Waals surface area (Å²) in [5, 5.41) is 3.01. The largest absolute Gasteiger partial charge is 0.482 e. The Kier molecular flexibility index (Phi) is 7.39. The van der Waals surface area contributed by atoms with Gasteiger partial charge in [0, 0.05) is 11.6 Å². The normalized spacial score (nSPS) is 23.2. The first-order chi connectivity index (χ1) is 12.8. The first-order valence-electron chi connectivity index (χ1n) is 9.51. The molecule has 2 rings (SSSR count). The minimum Gasteiger partial charge on any atom is -0.482 e. The lowest BCUT2D eigenvalue weighted by Gasteiger charge is -2.35. The fourth-order valence-corrected chi connectivity index (χ4v) is 3.30. The third-order valence-corrected chi connectivity index (χ3v) is 5.33. The van der Waals surface area contributed by atoms with Crippen LogP contribution in [0.25, 0.3) is 0 Å². The Morgan fingerprint density at radius 3 is 2.44 bits per heavy atom. The summed E-state index contributed by atoms with van der Waals surface area (Å²) in [6.07, 6.45) is 2.37. The van der Waals surface area contributed by atoms with Gasteiger partial charge in [-0.2, -0.15) is 0 Å². The zero-order chi connectivity index (χ0) is 20.0. The van der Waals surface area contributed by atoms with E-state index in [1.54, 1.807) is 31.2 Å². The van der Waals surface area contributed by atoms with Gasteiger partial charge in [-0.1, -0.05) is 26.7 Å². The van der Waals surface area contributed by atoms with Crippen LogP contribution < -0.4 is 10.1 Å². The average Bonchev–Trinajstić information content (AvgIpc) is 2.64. The number of esters is 1. The molecule has 1 aromatic carbocycles. The van der Waals surface area contributed by atoms with Gasteiger partial charge in [0.25, 0.3) is 5.91 Å². The molecule has 1 aromatic rings. The number of hydrogen-bond donors (Lipinski definition) is 1. The predicted octanol–water partition coefficient (Wildman–Crippen LogP) is 3.14. The van der Waals surface area contributed by atoms with E-state index in [0.29, 0.717) is 23.1 Å². The van der Waals surface area contributed by atoms with Crippen LogP contribution in [0.5, 0.6) is 5.75 Å². The molecule has 0 aromatic heterocycles. The van der Waals surface area contributed by atoms with E-state index >= 15 is 0 Å². The molecule has 4 atom stereocenters. The topological polar surface area (TPSA) is 81.7 Å². The SMILES string of the molecule is CC(=O)c1ccc(OCC(=O)O[C@H](C)C(=O)N[C@H]2CCC[C@H](C)[C@H]2C)cc1. The molecule has 0 heterocycles. The molecule has 27 heavy (non-hydrogen) atoms. The molecule has 6 nitrogen and oxygen atoms in total. The summed E-state index contributed by atoms with van der Waals surface area (Å²) in [5.74, 6) is 0.511. The molecule has 0 radical (unpaired) electrons. The van der Waals surface area contributed by atoms with Crippen molar-refractivity contribution in [2.45, 2.75) is 59.1 Å². The van der Waals surface area contributed by atoms with E-state index < -0.39 is 12.1 Å². The third kappa shape index (κ3) is 6.08. The number of Topliss-reactive ketones (excluding diaryl/α,β-unsaturated/α-hetero) is 1. The van der Waals surface area contributed by atoms with E-state index in [1.165, 1.54) is 13.3 Å². The van der Waals surface area contributed by atoms with Crippen LogP contribution in [-0.4, -0.2) is 36.4 Å². The molecule has 1 amide bonds. The molecule has 1 saturated carbocycles. The zero-order valence-electron chi connectivity index (χ0n) is 16.5. The van der Waals surface area contributed by atoms with Gasteiger partial charge in [-0.05, 0) is 56.4 Å². The molecule has 0 saturated heterocycles. The lowest BCUT2D eigenvalue weighted by Crippen LogP contribution is -2.47. The molecule has 0 unspecified atom stereocenters. The van der Waals surface area contributed by atoms with E-state index in [-0.39, 0.29) is 24.3 Å². The second-order valence-corrected chi connectivity index (χ2v) is 7.38. The number of nitrogens with one attached hydrogen (secondary N) is 1. The quantitative estimate of drug-likeness (QED) is 0.585. The summed E-state index contributed by atoms with van der Waals surface area (Å²) in [4.78, 5) is 35.5. The van der Waals surface area contributed by atoms with Crippen LogP contribution in [0.4, 0.5) is 0 Å². The lowest BCUT2D eigenvalue weighted by molar-refractivity contribution is -0.157. The first kappa shape index (κ1) is 20.9. The number of carbonyl (C=O) groups is 3. The minimum atomic E-state index is -0.870. The average molecular weight is 375 g/mol. The minimum absolute atomic E-state index is 0.0394. The summed E-state index contributed by atoms with van der Waals surface area (Å²) in [5.41, 5.74) is 0.571. The van der Waals surface area contributed by atoms with E-state index in [9.17, 15) is 14.4 Å². The van der Waals surface area contributed by atoms with E-state index in [4.69, 9.17) is 9.47 Å². The Morgan fingerprint density at radius 2 is 1.81 bits per heavy atom. The standard InChI is InChI=1S/C21H29NO5/c1-13-6-5-7-19(14(13)2)22-21(25)16(4)27-20(24)12-26-18-10-8-17(9-11-18)15(3)23/h8-11,13-14,16,19H,5-7,12H2,1-4H3,(H,22,25)/t13-,14+,16+,19-/m0/s1. The molecule has 148 valence electrons. The van der Waals surface area contributed by atoms with Crippen molar-refractivity contribution in [2.75, 3.05) is 6.61 Å². The molecule has 0 aliphatic heterocycles. The lowest BCUT2D eigenvalue weighted by atomic mass is 9.78. The molecular weight excluding hydrogens is 346 g/mol. The van der Waals surface area contributed by atoms with Crippen LogP contribution in [-0.2, 0) is 14.3 Å². The fraction of sp³-hybridized carbons (Fsp3) is 0.571. The van der Waals surface area contributed by atoms with Gasteiger partial charge < -0.3 is 14.8 Å². The monoisotopic (exact) mass is 375 g/mol. The summed E-state index contributed by atoms with van der Waals surface area (Å²) >= 11 is 0. The molecule has 0 spiro atoms. The molecule has 0 bridgehead atoms. The van der Waals surface area contributed by atoms with Crippen molar-refractivity contribution in [2.24, 2.45) is 11.8 Å². The van der Waals surface area contributed by atoms with Crippen molar-refractivity contribution in [3.05, 3.63) is 29.8 Å². The summed E-state index contributed by atoms with van der Waals surface area (Å²) in [6, 6.07) is 6.62. The zero-order valence-corrected chi connectivity index (χ0v) is 16.5. The van der Waals surface area contributed by atoms with Crippen molar-refractivity contribution in [1.82, 2.24) is 5.32 Å². The van der Waals surface area contributed by atoms with E-state index in [2.05, 4.69) is 19.2 Å². The number of hydrogen-bond acceptors (Lipinski definition) is 5. The molecule has 1 aliphatic rings. The Hall–Kier alpha value is -2.37. The Balaban J connectivity index is 1.77. The van der Waals surface area contributed by atoms with Crippen LogP contribution in [0.15, 0.2) is 24.3 Å². The van der Waals surface area contributed by atoms with Gasteiger partial charge in [-0.15, -0.1) is 0 Å². The molecule has 1 fully saturated rings. The molecule has 6 heteroatoms. The maximum absolute atomic E-state index is 12.3. The van der Waals surface area contributed by atoms with Crippen LogP contribution in [0.3, 0.4) is 0 Å². The van der Waals surface area contributed by atoms with Gasteiger partial charge in [-0.25, -0.2) is 4.79 Å². The highest BCUT2D eigenvalue weighted by atomic mass is 16.6. The maximum atomic E-state index is 12.3. The van der Waals surface area contributed by atoms with Crippen LogP contribution in [0, 0.1) is 11.8 Å². The van der Waals surface area contributed by atoms with Crippen LogP contribution >= 0.6 is 0 Å². The van der Waals surface area contributed by atoms with Gasteiger partial charge in [0.05, 0.1) is 0 Å². The smallest absolute Gasteiger partial charge is 0.344 e. The van der Waals surface area contributed by atoms with E-state index in [0.717, 1.165) is 12.8 Å². The molecular formula is C21H29NO5. The molecule has 1 aliphatic carbocycles. The summed E-state index contributed by atoms with van der Waals surface area (Å²) in [6.45, 7) is 7.09. The highest BCUT2D eigenvalue weighted by Crippen LogP contribution is 2.29. The Morgan fingerprint density at radius 1 is 1.15 bits per heavy atom. The number of amides is 1. The number of benzene rings is 1. The van der Waals surface area contributed by atoms with E-state index in [1.807, 2.05) is 0 Å². The Labute approximate surface area is 160 Å². The van der Waals surface area contributed by atoms with Crippen molar-refractivity contribution in [3.8, 4) is 5.75 Å². The highest BCUT2D eigenvalue weighted by molar-refractivity contribution is 5.94. The van der Waals surface area contributed by atoms with Crippen LogP contribution in [0.2, 0.25) is 0 Å². The third-order valence-electron chi connectivity index (χ3n) is 5.33. The number of ketones is 1. The number of carbonyl (C=O) groups excluding carboxylic acids is 3. The second-order valence-electron chi connectivity index (χ2n) is 7.38. The predicted molar refractivity (Wildman–Crippen MR) is 102 cm³/mol. The first-order valence-corrected chi connectivity index (χ1v) is 9.51. The van der Waals surface area contributed by atoms with Gasteiger partial charge in [0.1, 0.15) is 5.75 Å². The highest BCUT2D eigenvalue weighted by Gasteiger charge is 2.30. The number of ether oxygens (including phenoxy) is 2. The maximum Gasteiger partial charge on any atom is 0.344 e. The summed E-state index contributed by atoms with van der Waals surface area (Å²) < 4.78 is 10.5. The van der Waals surface area contributed by atoms with Gasteiger partial charge in [0.2, 0.25) is 0 Å². The Bertz CT molecular complexity index is 670. The molecule has 1 N–H and O–H groups in total. The van der Waals surface area contributed by atoms with Crippen molar-refractivity contribution >= 4 is 17.7 Å². The van der Waals surface area contributed by atoms with Crippen molar-refractivity contribution in [3.63, 3.8) is 0 Å². The fourth-order valence-electron chi connectivity index (χ4n) is 3.30. The van der Waals surface area contributed by atoms with Gasteiger partial charge in [-0.3, -0.25) is 9.59 Å². The van der Waals surface area contributed by atoms with Gasteiger partial charge in [0.15, 0.2) is 18.5 Å².